The van der Waals surface area contributed by atoms with Crippen molar-refractivity contribution >= 4 is 29.3 Å². The molecule has 0 radical (unpaired) electrons. The molecule has 0 spiro atoms. The number of amides is 1. The van der Waals surface area contributed by atoms with Crippen LogP contribution >= 0.6 is 11.8 Å². The first kappa shape index (κ1) is 17.8. The van der Waals surface area contributed by atoms with E-state index in [0.717, 1.165) is 4.90 Å². The number of anilines is 1. The number of carboxylic acids is 1. The summed E-state index contributed by atoms with van der Waals surface area (Å²) in [5.41, 5.74) is 6.90. The fraction of sp³-hybridized carbons (Fsp3) is 0.176. The molecule has 5 N–H and O–H groups in total. The number of phenolic OH excluding ortho intramolecular Hbond substituents is 1. The van der Waals surface area contributed by atoms with Crippen LogP contribution < -0.4 is 11.1 Å². The van der Waals surface area contributed by atoms with E-state index in [1.165, 1.54) is 17.8 Å². The van der Waals surface area contributed by atoms with Gasteiger partial charge in [-0.2, -0.15) is 0 Å². The molecule has 1 atom stereocenters. The van der Waals surface area contributed by atoms with Gasteiger partial charge in [0.05, 0.1) is 5.56 Å². The van der Waals surface area contributed by atoms with Gasteiger partial charge in [0.1, 0.15) is 11.8 Å². The lowest BCUT2D eigenvalue weighted by molar-refractivity contribution is -0.138. The van der Waals surface area contributed by atoms with Gasteiger partial charge in [-0.05, 0) is 48.6 Å². The van der Waals surface area contributed by atoms with Gasteiger partial charge < -0.3 is 21.3 Å². The van der Waals surface area contributed by atoms with Crippen LogP contribution in [0, 0.1) is 0 Å². The first-order valence-electron chi connectivity index (χ1n) is 7.16. The number of rotatable bonds is 6. The van der Waals surface area contributed by atoms with E-state index in [1.807, 2.05) is 6.26 Å². The molecule has 0 bridgehead atoms. The lowest BCUT2D eigenvalue weighted by Gasteiger charge is -2.11. The van der Waals surface area contributed by atoms with Crippen LogP contribution in [0.4, 0.5) is 5.69 Å². The highest BCUT2D eigenvalue weighted by Crippen LogP contribution is 2.25. The van der Waals surface area contributed by atoms with Crippen LogP contribution in [0.5, 0.6) is 5.75 Å². The third-order valence-corrected chi connectivity index (χ3v) is 4.13. The Morgan fingerprint density at radius 1 is 1.25 bits per heavy atom. The van der Waals surface area contributed by atoms with E-state index in [9.17, 15) is 14.7 Å². The fourth-order valence-corrected chi connectivity index (χ4v) is 2.58. The minimum absolute atomic E-state index is 0.102. The monoisotopic (exact) mass is 346 g/mol. The van der Waals surface area contributed by atoms with Crippen molar-refractivity contribution in [3.05, 3.63) is 53.6 Å². The predicted octanol–water partition coefficient (Wildman–Crippen LogP) is 2.32. The van der Waals surface area contributed by atoms with Gasteiger partial charge in [0.15, 0.2) is 0 Å². The molecule has 1 amide bonds. The summed E-state index contributed by atoms with van der Waals surface area (Å²) in [6.07, 6.45) is 2.04. The second kappa shape index (κ2) is 7.85. The third-order valence-electron chi connectivity index (χ3n) is 3.41. The van der Waals surface area contributed by atoms with Gasteiger partial charge in [0, 0.05) is 10.6 Å². The number of carboxylic acid groups (broad SMARTS) is 1. The maximum Gasteiger partial charge on any atom is 0.320 e. The zero-order valence-corrected chi connectivity index (χ0v) is 13.8. The lowest BCUT2D eigenvalue weighted by atomic mass is 10.1. The van der Waals surface area contributed by atoms with E-state index in [4.69, 9.17) is 10.8 Å². The van der Waals surface area contributed by atoms with Gasteiger partial charge in [-0.3, -0.25) is 9.59 Å². The van der Waals surface area contributed by atoms with Crippen molar-refractivity contribution in [3.8, 4) is 5.75 Å². The predicted molar refractivity (Wildman–Crippen MR) is 93.6 cm³/mol. The highest BCUT2D eigenvalue weighted by Gasteiger charge is 2.14. The number of benzene rings is 2. The number of carbonyl (C=O) groups excluding carboxylic acids is 1. The summed E-state index contributed by atoms with van der Waals surface area (Å²) in [5.74, 6) is -1.62. The maximum absolute atomic E-state index is 12.3. The Balaban J connectivity index is 2.16. The van der Waals surface area contributed by atoms with Crippen LogP contribution in [0.2, 0.25) is 0 Å². The van der Waals surface area contributed by atoms with Crippen molar-refractivity contribution in [2.75, 3.05) is 11.6 Å². The highest BCUT2D eigenvalue weighted by molar-refractivity contribution is 7.98. The summed E-state index contributed by atoms with van der Waals surface area (Å²) in [4.78, 5) is 24.0. The van der Waals surface area contributed by atoms with Crippen LogP contribution in [-0.2, 0) is 11.2 Å². The van der Waals surface area contributed by atoms with Gasteiger partial charge in [-0.1, -0.05) is 12.1 Å². The maximum atomic E-state index is 12.3. The van der Waals surface area contributed by atoms with Crippen LogP contribution in [0.1, 0.15) is 15.9 Å². The quantitative estimate of drug-likeness (QED) is 0.597. The molecule has 0 fully saturated rings. The number of aromatic hydroxyl groups is 1. The van der Waals surface area contributed by atoms with Crippen LogP contribution in [0.15, 0.2) is 47.4 Å². The molecule has 6 nitrogen and oxygen atoms in total. The molecule has 0 saturated carbocycles. The first-order valence-corrected chi connectivity index (χ1v) is 8.39. The summed E-state index contributed by atoms with van der Waals surface area (Å²) >= 11 is 1.47. The smallest absolute Gasteiger partial charge is 0.320 e. The van der Waals surface area contributed by atoms with Crippen molar-refractivity contribution in [2.45, 2.75) is 17.4 Å². The first-order chi connectivity index (χ1) is 11.4. The van der Waals surface area contributed by atoms with Crippen LogP contribution in [-0.4, -0.2) is 34.4 Å². The lowest BCUT2D eigenvalue weighted by Crippen LogP contribution is -2.32. The average molecular weight is 346 g/mol. The van der Waals surface area contributed by atoms with E-state index >= 15 is 0 Å². The second-order valence-electron chi connectivity index (χ2n) is 5.19. The summed E-state index contributed by atoms with van der Waals surface area (Å²) < 4.78 is 0. The molecule has 2 rings (SSSR count). The molecule has 0 aromatic heterocycles. The molecular formula is C17H18N2O4S. The molecule has 0 heterocycles. The highest BCUT2D eigenvalue weighted by atomic mass is 32.2. The molecule has 0 aliphatic carbocycles. The van der Waals surface area contributed by atoms with E-state index in [1.54, 1.807) is 36.4 Å². The van der Waals surface area contributed by atoms with Crippen molar-refractivity contribution < 1.29 is 19.8 Å². The van der Waals surface area contributed by atoms with Gasteiger partial charge in [0.2, 0.25) is 0 Å². The van der Waals surface area contributed by atoms with Crippen molar-refractivity contribution in [2.24, 2.45) is 5.73 Å². The standard InChI is InChI=1S/C17H18N2O4S/c1-24-12-5-6-15(20)13(9-12)16(21)19-11-4-2-3-10(7-11)8-14(18)17(22)23/h2-7,9,14,20H,8,18H2,1H3,(H,19,21)(H,22,23)/t14-/m0/s1. The van der Waals surface area contributed by atoms with E-state index in [2.05, 4.69) is 5.32 Å². The second-order valence-corrected chi connectivity index (χ2v) is 6.07. The number of thioether (sulfide) groups is 1. The Morgan fingerprint density at radius 2 is 2.00 bits per heavy atom. The SMILES string of the molecule is CSc1ccc(O)c(C(=O)Nc2cccc(C[C@H](N)C(=O)O)c2)c1. The minimum atomic E-state index is -1.08. The molecule has 2 aromatic carbocycles. The molecule has 126 valence electrons. The Morgan fingerprint density at radius 3 is 2.67 bits per heavy atom. The summed E-state index contributed by atoms with van der Waals surface area (Å²) in [7, 11) is 0. The van der Waals surface area contributed by atoms with Crippen LogP contribution in [0.3, 0.4) is 0 Å². The molecule has 0 unspecified atom stereocenters. The molecule has 2 aromatic rings. The van der Waals surface area contributed by atoms with Gasteiger partial charge in [-0.15, -0.1) is 11.8 Å². The number of hydrogen-bond acceptors (Lipinski definition) is 5. The fourth-order valence-electron chi connectivity index (χ4n) is 2.14. The number of aliphatic carboxylic acids is 1. The molecular weight excluding hydrogens is 328 g/mol. The van der Waals surface area contributed by atoms with E-state index in [0.29, 0.717) is 11.3 Å². The van der Waals surface area contributed by atoms with Gasteiger partial charge in [0.25, 0.3) is 5.91 Å². The zero-order chi connectivity index (χ0) is 17.7. The van der Waals surface area contributed by atoms with Crippen molar-refractivity contribution in [1.29, 1.82) is 0 Å². The number of nitrogens with two attached hydrogens (primary N) is 1. The Kier molecular flexibility index (Phi) is 5.83. The topological polar surface area (TPSA) is 113 Å². The number of nitrogens with one attached hydrogen (secondary N) is 1. The molecule has 0 aliphatic rings. The van der Waals surface area contributed by atoms with Gasteiger partial charge >= 0.3 is 5.97 Å². The Hall–Kier alpha value is -2.51. The largest absolute Gasteiger partial charge is 0.507 e. The Bertz CT molecular complexity index is 764. The summed E-state index contributed by atoms with van der Waals surface area (Å²) in [6, 6.07) is 10.6. The third kappa shape index (κ3) is 4.50. The summed E-state index contributed by atoms with van der Waals surface area (Å²) in [6.45, 7) is 0. The summed E-state index contributed by atoms with van der Waals surface area (Å²) in [5, 5.41) is 21.4. The number of carbonyl (C=O) groups is 2. The van der Waals surface area contributed by atoms with Gasteiger partial charge in [-0.25, -0.2) is 0 Å². The van der Waals surface area contributed by atoms with Crippen molar-refractivity contribution in [1.82, 2.24) is 0 Å². The minimum Gasteiger partial charge on any atom is -0.507 e. The molecule has 0 saturated heterocycles. The molecule has 7 heteroatoms. The van der Waals surface area contributed by atoms with E-state index in [-0.39, 0.29) is 17.7 Å². The van der Waals surface area contributed by atoms with Crippen LogP contribution in [0.25, 0.3) is 0 Å². The molecule has 24 heavy (non-hydrogen) atoms. The molecule has 0 aliphatic heterocycles. The normalized spacial score (nSPS) is 11.8. The zero-order valence-electron chi connectivity index (χ0n) is 13.0. The number of phenols is 1. The Labute approximate surface area is 143 Å². The number of hydrogen-bond donors (Lipinski definition) is 4. The average Bonchev–Trinajstić information content (AvgIpc) is 2.55. The van der Waals surface area contributed by atoms with Crippen molar-refractivity contribution in [3.63, 3.8) is 0 Å². The van der Waals surface area contributed by atoms with E-state index < -0.39 is 17.9 Å².